The van der Waals surface area contributed by atoms with E-state index in [4.69, 9.17) is 19.6 Å². The van der Waals surface area contributed by atoms with E-state index in [-0.39, 0.29) is 82.2 Å². The van der Waals surface area contributed by atoms with Crippen molar-refractivity contribution in [3.8, 4) is 17.2 Å². The Morgan fingerprint density at radius 1 is 1.00 bits per heavy atom. The van der Waals surface area contributed by atoms with Crippen LogP contribution in [0.1, 0.15) is 148 Å². The molecule has 9 aliphatic rings. The number of phenols is 2. The summed E-state index contributed by atoms with van der Waals surface area (Å²) in [6.45, 7) is 5.17. The van der Waals surface area contributed by atoms with Gasteiger partial charge in [-0.25, -0.2) is 4.79 Å². The van der Waals surface area contributed by atoms with E-state index in [1.165, 1.54) is 5.57 Å². The maximum atomic E-state index is 15.5. The SMILES string of the molecule is C/C=C(\C(=O)O[C@@H]1Cc2c3c(c4oc(CO)cc(=O)c4c2O)[C@@H]2C4=CCNC(N)=C4[C@H](CCc4ccc(O)cc4[C@H]2CO)[C@H]2CCC4=C5C=C[C@@H](C)NC5NC=C4C[C@@H]2[C@]1(C)O3)[C@]1(O)CC[C@H](c2cccc(C3(O)CCCC3)c2)C1. The lowest BCUT2D eigenvalue weighted by Gasteiger charge is -2.52. The third kappa shape index (κ3) is 8.38. The summed E-state index contributed by atoms with van der Waals surface area (Å²) in [5.74, 6) is -3.17. The van der Waals surface area contributed by atoms with Crippen molar-refractivity contribution in [1.82, 2.24) is 16.0 Å². The van der Waals surface area contributed by atoms with Crippen molar-refractivity contribution in [2.75, 3.05) is 13.2 Å². The van der Waals surface area contributed by atoms with Crippen molar-refractivity contribution in [1.29, 1.82) is 0 Å². The van der Waals surface area contributed by atoms with Crippen LogP contribution in [-0.4, -0.2) is 79.3 Å². The Labute approximate surface area is 465 Å². The minimum absolute atomic E-state index is 0.0176. The van der Waals surface area contributed by atoms with Crippen molar-refractivity contribution < 1.29 is 49.3 Å². The molecule has 1 unspecified atom stereocenters. The number of allylic oxidation sites excluding steroid dienone is 5. The van der Waals surface area contributed by atoms with Gasteiger partial charge in [0.1, 0.15) is 64.3 Å². The second kappa shape index (κ2) is 19.8. The molecule has 80 heavy (non-hydrogen) atoms. The smallest absolute Gasteiger partial charge is 0.337 e. The zero-order valence-corrected chi connectivity index (χ0v) is 45.8. The Bertz CT molecular complexity index is 3490. The first-order chi connectivity index (χ1) is 38.5. The Balaban J connectivity index is 1.01. The molecule has 15 nitrogen and oxygen atoms in total. The van der Waals surface area contributed by atoms with Gasteiger partial charge in [-0.05, 0) is 165 Å². The number of carbonyl (C=O) groups excluding carboxylic acids is 1. The first-order valence-corrected chi connectivity index (χ1v) is 29.1. The summed E-state index contributed by atoms with van der Waals surface area (Å²) in [6.07, 6.45) is 16.4. The summed E-state index contributed by atoms with van der Waals surface area (Å²) < 4.78 is 21.5. The molecule has 6 heterocycles. The fourth-order valence-electron chi connectivity index (χ4n) is 16.4. The lowest BCUT2D eigenvalue weighted by atomic mass is 9.61. The number of rotatable bonds is 7. The highest BCUT2D eigenvalue weighted by Crippen LogP contribution is 2.62. The number of benzene rings is 3. The second-order valence-corrected chi connectivity index (χ2v) is 24.6. The zero-order chi connectivity index (χ0) is 55.6. The van der Waals surface area contributed by atoms with Gasteiger partial charge >= 0.3 is 5.97 Å². The van der Waals surface area contributed by atoms with Crippen molar-refractivity contribution in [2.45, 2.75) is 164 Å². The number of hydrogen-bond acceptors (Lipinski definition) is 15. The number of aliphatic hydroxyl groups is 4. The molecule has 0 amide bonds. The van der Waals surface area contributed by atoms with E-state index in [1.807, 2.05) is 31.2 Å². The molecule has 0 spiro atoms. The van der Waals surface area contributed by atoms with Crippen molar-refractivity contribution in [3.05, 3.63) is 168 Å². The average Bonchev–Trinajstić information content (AvgIpc) is 4.13. The van der Waals surface area contributed by atoms with Crippen LogP contribution in [0.4, 0.5) is 0 Å². The highest BCUT2D eigenvalue weighted by molar-refractivity contribution is 5.93. The summed E-state index contributed by atoms with van der Waals surface area (Å²) in [5.41, 5.74) is 12.2. The maximum absolute atomic E-state index is 15.5. The summed E-state index contributed by atoms with van der Waals surface area (Å²) in [5, 5.41) is 81.8. The van der Waals surface area contributed by atoms with Gasteiger partial charge in [-0.3, -0.25) is 10.1 Å². The average molecular weight is 1090 g/mol. The van der Waals surface area contributed by atoms with Crippen LogP contribution in [0.5, 0.6) is 17.2 Å². The molecule has 3 saturated carbocycles. The van der Waals surface area contributed by atoms with E-state index >= 15 is 4.79 Å². The molecule has 420 valence electrons. The van der Waals surface area contributed by atoms with Gasteiger partial charge in [-0.1, -0.05) is 67.5 Å². The predicted octanol–water partition coefficient (Wildman–Crippen LogP) is 7.92. The molecule has 4 aromatic rings. The largest absolute Gasteiger partial charge is 0.508 e. The lowest BCUT2D eigenvalue weighted by molar-refractivity contribution is -0.171. The normalized spacial score (nSPS) is 32.2. The number of nitrogens with two attached hydrogens (primary N) is 1. The molecule has 3 aromatic carbocycles. The first-order valence-electron chi connectivity index (χ1n) is 29.1. The molecular formula is C65H74N4O11. The third-order valence-corrected chi connectivity index (χ3v) is 20.4. The van der Waals surface area contributed by atoms with E-state index in [2.05, 4.69) is 53.4 Å². The molecule has 5 aliphatic heterocycles. The molecule has 13 rings (SSSR count). The quantitative estimate of drug-likeness (QED) is 0.0624. The van der Waals surface area contributed by atoms with Crippen LogP contribution in [-0.2, 0) is 34.6 Å². The van der Waals surface area contributed by atoms with Crippen LogP contribution in [0.3, 0.4) is 0 Å². The highest BCUT2D eigenvalue weighted by Gasteiger charge is 2.59. The van der Waals surface area contributed by atoms with E-state index < -0.39 is 71.0 Å². The summed E-state index contributed by atoms with van der Waals surface area (Å²) in [4.78, 5) is 30.1. The molecule has 4 aliphatic carbocycles. The lowest BCUT2D eigenvalue weighted by Crippen LogP contribution is -2.59. The minimum Gasteiger partial charge on any atom is -0.508 e. The van der Waals surface area contributed by atoms with Crippen LogP contribution in [0.25, 0.3) is 11.0 Å². The van der Waals surface area contributed by atoms with Gasteiger partial charge in [0.05, 0.1) is 23.4 Å². The number of hydrogen-bond donors (Lipinski definition) is 10. The number of fused-ring (bicyclic) bond motifs is 10. The zero-order valence-electron chi connectivity index (χ0n) is 45.8. The van der Waals surface area contributed by atoms with Gasteiger partial charge in [0.25, 0.3) is 0 Å². The van der Waals surface area contributed by atoms with Crippen LogP contribution in [0.2, 0.25) is 0 Å². The molecule has 11 N–H and O–H groups in total. The minimum atomic E-state index is -1.56. The van der Waals surface area contributed by atoms with Crippen molar-refractivity contribution in [2.24, 2.45) is 23.5 Å². The predicted molar refractivity (Wildman–Crippen MR) is 301 cm³/mol. The number of dihydropyridines is 2. The maximum Gasteiger partial charge on any atom is 0.337 e. The number of aromatic hydroxyl groups is 2. The van der Waals surface area contributed by atoms with Gasteiger partial charge in [-0.15, -0.1) is 0 Å². The molecule has 0 radical (unpaired) electrons. The molecule has 0 saturated heterocycles. The number of carbonyl (C=O) groups is 1. The van der Waals surface area contributed by atoms with Crippen LogP contribution >= 0.6 is 0 Å². The fraction of sp³-hybridized carbons (Fsp3) is 0.477. The number of nitrogens with one attached hydrogen (secondary N) is 3. The van der Waals surface area contributed by atoms with E-state index in [0.717, 1.165) is 57.9 Å². The van der Waals surface area contributed by atoms with Crippen LogP contribution in [0, 0.1) is 17.8 Å². The van der Waals surface area contributed by atoms with Gasteiger partial charge in [0, 0.05) is 60.2 Å². The molecule has 4 bridgehead atoms. The molecule has 11 atom stereocenters. The Kier molecular flexibility index (Phi) is 13.1. The summed E-state index contributed by atoms with van der Waals surface area (Å²) in [7, 11) is 0. The number of aliphatic hydroxyl groups excluding tert-OH is 2. The number of aryl methyl sites for hydroxylation is 1. The van der Waals surface area contributed by atoms with Gasteiger partial charge in [0.2, 0.25) is 0 Å². The van der Waals surface area contributed by atoms with Crippen molar-refractivity contribution >= 4 is 16.9 Å². The highest BCUT2D eigenvalue weighted by atomic mass is 16.6. The first kappa shape index (κ1) is 52.7. The van der Waals surface area contributed by atoms with Crippen LogP contribution < -0.4 is 31.8 Å². The Hall–Kier alpha value is -6.62. The van der Waals surface area contributed by atoms with Gasteiger partial charge in [0.15, 0.2) is 5.43 Å². The van der Waals surface area contributed by atoms with E-state index in [1.54, 1.807) is 25.1 Å². The number of phenolic OH excluding ortho intramolecular Hbond substituents is 2. The molecule has 1 aromatic heterocycles. The van der Waals surface area contributed by atoms with E-state index in [0.29, 0.717) is 81.3 Å². The van der Waals surface area contributed by atoms with Gasteiger partial charge in [-0.2, -0.15) is 0 Å². The topological polar surface area (TPSA) is 249 Å². The summed E-state index contributed by atoms with van der Waals surface area (Å²) in [6, 6.07) is 14.7. The number of ether oxygens (including phenoxy) is 2. The second-order valence-electron chi connectivity index (χ2n) is 24.6. The molecule has 15 heteroatoms. The van der Waals surface area contributed by atoms with Gasteiger partial charge < -0.3 is 60.9 Å². The number of esters is 1. The van der Waals surface area contributed by atoms with Crippen molar-refractivity contribution in [3.63, 3.8) is 0 Å². The summed E-state index contributed by atoms with van der Waals surface area (Å²) >= 11 is 0. The van der Waals surface area contributed by atoms with E-state index in [9.17, 15) is 35.4 Å². The molecule has 3 fully saturated rings. The Morgan fingerprint density at radius 3 is 2.61 bits per heavy atom. The standard InChI is InChI=1S/C65H74N4O11/c1-4-49(65(77)22-18-36(29-65)35-8-7-9-38(24-35)64(76)20-5-6-21-64)62(75)79-52-28-47-57(74)55-51(73)27-40(31-70)78-59(55)56-53-45-19-23-67-60(66)54(45)43(15-12-34-11-13-39(72)26-46(34)48(53)32-71)42-17-16-41-37(25-50(42)63(52,3)80-58(47)56)30-68-61-44(41)14-10-33(2)69-61/h4,7-11,13-14,19,24,26-27,30,33,36,42-43,48,50,52-53,61,67-72,74,76-77H,5-6,12,15-18,20-23,25,28-29,31-32,66H2,1-3H3/b49-4+/t33-,36+,42-,43-,48-,50+,52-,53-,61?,63+,65+/m1/s1. The monoisotopic (exact) mass is 1090 g/mol. The third-order valence-electron chi connectivity index (χ3n) is 20.4. The Morgan fingerprint density at radius 2 is 1.82 bits per heavy atom. The van der Waals surface area contributed by atoms with Crippen LogP contribution in [0.15, 0.2) is 128 Å². The fourth-order valence-corrected chi connectivity index (χ4v) is 16.4. The molecular weight excluding hydrogens is 1010 g/mol.